The smallest absolute Gasteiger partial charge is 0.545 e. The van der Waals surface area contributed by atoms with Crippen LogP contribution in [0.15, 0.2) is 53.0 Å². The molecule has 42 heavy (non-hydrogen) atoms. The summed E-state index contributed by atoms with van der Waals surface area (Å²) in [5, 5.41) is 42.3. The fraction of sp³-hybridized carbons (Fsp3) is 0.552. The van der Waals surface area contributed by atoms with Crippen LogP contribution in [0.2, 0.25) is 0 Å². The summed E-state index contributed by atoms with van der Waals surface area (Å²) in [5.41, 5.74) is -5.72. The maximum Gasteiger partial charge on any atom is 1.00 e. The number of hydrogen-bond donors (Lipinski definition) is 4. The van der Waals surface area contributed by atoms with Crippen molar-refractivity contribution < 1.29 is 81.7 Å². The Morgan fingerprint density at radius 1 is 1.17 bits per heavy atom. The van der Waals surface area contributed by atoms with E-state index < -0.39 is 79.0 Å². The summed E-state index contributed by atoms with van der Waals surface area (Å²) in [6.45, 7) is 4.48. The van der Waals surface area contributed by atoms with E-state index >= 15 is 4.39 Å². The topological polar surface area (TPSA) is 189 Å². The van der Waals surface area contributed by atoms with Gasteiger partial charge in [-0.25, -0.2) is 4.39 Å². The molecule has 10 nitrogen and oxygen atoms in total. The van der Waals surface area contributed by atoms with Gasteiger partial charge in [0, 0.05) is 22.3 Å². The Labute approximate surface area is 265 Å². The van der Waals surface area contributed by atoms with Crippen LogP contribution in [-0.4, -0.2) is 69.8 Å². The monoisotopic (exact) mass is 616 g/mol. The summed E-state index contributed by atoms with van der Waals surface area (Å²) in [6, 6.07) is 4.66. The Bertz CT molecular complexity index is 1460. The van der Waals surface area contributed by atoms with Crippen molar-refractivity contribution in [2.45, 2.75) is 68.7 Å². The standard InChI is InChI=1S/C22H29FO5.C7H6O5S.Na/c1-12-8-16-15-5-4-13-9-14(25)6-7-19(13,2)21(15,23)17(26)10-20(16,3)22(12,28)18(27)11-24;8-7(9)5-3-1-2-4-6(5)13(10,11)12;/h6-7,9,12,15-17,24,26,28H,4-5,8,10-11H2,1-3H3;1-4H,(H,8,9)(H,10,11,12);/q;;+1/p-1/t12-,15-,16?,17+,19+,20+,21+,22+;;/m1../s1. The molecule has 5 rings (SSSR count). The number of allylic oxidation sites excluding steroid dienone is 4. The Balaban J connectivity index is 0.000000293. The number of carbonyl (C=O) groups is 3. The molecule has 8 atom stereocenters. The molecule has 0 bridgehead atoms. The van der Waals surface area contributed by atoms with Crippen LogP contribution in [0.25, 0.3) is 0 Å². The Kier molecular flexibility index (Phi) is 9.61. The predicted molar refractivity (Wildman–Crippen MR) is 141 cm³/mol. The minimum absolute atomic E-state index is 0. The number of carboxylic acids is 1. The summed E-state index contributed by atoms with van der Waals surface area (Å²) in [4.78, 5) is 34.1. The second-order valence-corrected chi connectivity index (χ2v) is 13.4. The normalized spacial score (nSPS) is 38.5. The summed E-state index contributed by atoms with van der Waals surface area (Å²) >= 11 is 0. The number of alkyl halides is 1. The third-order valence-electron chi connectivity index (χ3n) is 10.2. The van der Waals surface area contributed by atoms with Crippen molar-refractivity contribution in [1.29, 1.82) is 0 Å². The largest absolute Gasteiger partial charge is 1.00 e. The number of aliphatic hydroxyl groups is 3. The van der Waals surface area contributed by atoms with E-state index in [1.165, 1.54) is 24.3 Å². The van der Waals surface area contributed by atoms with E-state index in [2.05, 4.69) is 0 Å². The Morgan fingerprint density at radius 2 is 1.79 bits per heavy atom. The van der Waals surface area contributed by atoms with Crippen molar-refractivity contribution in [2.75, 3.05) is 6.61 Å². The van der Waals surface area contributed by atoms with Crippen LogP contribution in [0.4, 0.5) is 4.39 Å². The number of hydrogen-bond acceptors (Lipinski definition) is 9. The molecule has 0 aromatic heterocycles. The van der Waals surface area contributed by atoms with Gasteiger partial charge in [0.2, 0.25) is 0 Å². The summed E-state index contributed by atoms with van der Waals surface area (Å²) in [7, 11) is -4.50. The zero-order valence-corrected chi connectivity index (χ0v) is 26.7. The van der Waals surface area contributed by atoms with Crippen molar-refractivity contribution >= 4 is 27.7 Å². The number of carboxylic acid groups (broad SMARTS) is 1. The minimum Gasteiger partial charge on any atom is -0.545 e. The summed E-state index contributed by atoms with van der Waals surface area (Å²) < 4.78 is 46.7. The van der Waals surface area contributed by atoms with E-state index in [-0.39, 0.29) is 47.7 Å². The van der Waals surface area contributed by atoms with E-state index in [1.807, 2.05) is 0 Å². The van der Waals surface area contributed by atoms with Crippen LogP contribution < -0.4 is 34.7 Å². The van der Waals surface area contributed by atoms with Crippen LogP contribution >= 0.6 is 0 Å². The zero-order valence-electron chi connectivity index (χ0n) is 23.9. The van der Waals surface area contributed by atoms with Crippen molar-refractivity contribution in [2.24, 2.45) is 28.6 Å². The molecule has 0 heterocycles. The van der Waals surface area contributed by atoms with Crippen LogP contribution in [-0.2, 0) is 19.7 Å². The van der Waals surface area contributed by atoms with Gasteiger partial charge in [0.1, 0.15) is 17.1 Å². The maximum atomic E-state index is 16.9. The molecule has 1 unspecified atom stereocenters. The van der Waals surface area contributed by atoms with Gasteiger partial charge < -0.3 is 25.2 Å². The van der Waals surface area contributed by atoms with Gasteiger partial charge in [-0.3, -0.25) is 14.1 Å². The molecule has 4 N–H and O–H groups in total. The Hall–Kier alpha value is -1.77. The van der Waals surface area contributed by atoms with Crippen LogP contribution in [0.1, 0.15) is 56.8 Å². The van der Waals surface area contributed by atoms with E-state index in [0.29, 0.717) is 24.8 Å². The van der Waals surface area contributed by atoms with Gasteiger partial charge in [-0.1, -0.05) is 43.7 Å². The van der Waals surface area contributed by atoms with Gasteiger partial charge in [0.25, 0.3) is 10.1 Å². The fourth-order valence-electron chi connectivity index (χ4n) is 8.12. The number of Topliss-reactive ketones (excluding diaryl/α,β-unsaturated/α-hetero) is 1. The van der Waals surface area contributed by atoms with Gasteiger partial charge in [-0.2, -0.15) is 8.42 Å². The first-order valence-electron chi connectivity index (χ1n) is 13.3. The first-order valence-corrected chi connectivity index (χ1v) is 14.8. The van der Waals surface area contributed by atoms with Gasteiger partial charge in [0.05, 0.1) is 12.1 Å². The number of fused-ring (bicyclic) bond motifs is 5. The van der Waals surface area contributed by atoms with E-state index in [1.54, 1.807) is 26.8 Å². The van der Waals surface area contributed by atoms with Crippen LogP contribution in [0, 0.1) is 28.6 Å². The average molecular weight is 617 g/mol. The number of carbonyl (C=O) groups excluding carboxylic acids is 3. The van der Waals surface area contributed by atoms with Crippen molar-refractivity contribution in [3.8, 4) is 0 Å². The average Bonchev–Trinajstić information content (AvgIpc) is 3.10. The molecular formula is C29H34FNaO10S. The predicted octanol–water partition coefficient (Wildman–Crippen LogP) is -1.80. The molecule has 4 aliphatic carbocycles. The van der Waals surface area contributed by atoms with Gasteiger partial charge in [-0.05, 0) is 62.7 Å². The fourth-order valence-corrected chi connectivity index (χ4v) is 8.80. The number of aromatic carboxylic acids is 1. The first kappa shape index (κ1) is 34.7. The number of benzene rings is 1. The number of ketones is 2. The number of rotatable bonds is 4. The van der Waals surface area contributed by atoms with E-state index in [4.69, 9.17) is 4.55 Å². The summed E-state index contributed by atoms with van der Waals surface area (Å²) in [5.74, 6) is -3.76. The van der Waals surface area contributed by atoms with Crippen LogP contribution in [0.3, 0.4) is 0 Å². The molecule has 13 heteroatoms. The SMILES string of the molecule is C[C@@H]1CC2[C@H]3CCC4=CC(=O)C=C[C@]4(C)[C@@]3(F)[C@@H](O)C[C@]2(C)[C@@]1(O)C(=O)CO.O=C([O-])c1ccccc1S(=O)(=O)O.[Na+]. The molecule has 0 spiro atoms. The zero-order chi connectivity index (χ0) is 30.8. The molecule has 0 radical (unpaired) electrons. The number of halogens is 1. The van der Waals surface area contributed by atoms with Crippen molar-refractivity contribution in [3.05, 3.63) is 53.6 Å². The summed E-state index contributed by atoms with van der Waals surface area (Å²) in [6.07, 6.45) is 4.44. The van der Waals surface area contributed by atoms with Crippen molar-refractivity contribution in [3.63, 3.8) is 0 Å². The molecule has 4 aliphatic rings. The molecule has 0 amide bonds. The number of aliphatic hydroxyl groups excluding tert-OH is 2. The van der Waals surface area contributed by atoms with Crippen LogP contribution in [0.5, 0.6) is 0 Å². The van der Waals surface area contributed by atoms with E-state index in [0.717, 1.165) is 12.1 Å². The first-order chi connectivity index (χ1) is 18.9. The van der Waals surface area contributed by atoms with Gasteiger partial charge in [-0.15, -0.1) is 0 Å². The molecule has 0 saturated heterocycles. The second-order valence-electron chi connectivity index (χ2n) is 12.0. The second kappa shape index (κ2) is 11.6. The molecule has 224 valence electrons. The molecular weight excluding hydrogens is 582 g/mol. The third-order valence-corrected chi connectivity index (χ3v) is 11.1. The maximum absolute atomic E-state index is 16.9. The van der Waals surface area contributed by atoms with Gasteiger partial charge in [0.15, 0.2) is 17.2 Å². The molecule has 0 aliphatic heterocycles. The molecule has 3 fully saturated rings. The molecule has 3 saturated carbocycles. The molecule has 1 aromatic rings. The van der Waals surface area contributed by atoms with Gasteiger partial charge >= 0.3 is 29.6 Å². The third kappa shape index (κ3) is 4.97. The van der Waals surface area contributed by atoms with E-state index in [9.17, 15) is 43.2 Å². The molecule has 1 aromatic carbocycles. The Morgan fingerprint density at radius 3 is 2.33 bits per heavy atom. The minimum atomic E-state index is -4.50. The quantitative estimate of drug-likeness (QED) is 0.222. The van der Waals surface area contributed by atoms with Crippen molar-refractivity contribution in [1.82, 2.24) is 0 Å².